The molecule has 2 N–H and O–H groups in total. The topological polar surface area (TPSA) is 78.6 Å². The molecule has 0 aliphatic carbocycles. The Labute approximate surface area is 119 Å². The van der Waals surface area contributed by atoms with Gasteiger partial charge in [-0.15, -0.1) is 0 Å². The maximum absolute atomic E-state index is 10.9. The molecule has 110 valence electrons. The molecule has 0 unspecified atom stereocenters. The van der Waals surface area contributed by atoms with E-state index in [1.807, 2.05) is 0 Å². The molecule has 0 saturated carbocycles. The zero-order chi connectivity index (χ0) is 14.5. The number of nitrogens with two attached hydrogens (primary N) is 1. The summed E-state index contributed by atoms with van der Waals surface area (Å²) < 4.78 is 0. The van der Waals surface area contributed by atoms with Crippen molar-refractivity contribution in [2.45, 2.75) is 13.3 Å². The van der Waals surface area contributed by atoms with Crippen molar-refractivity contribution in [1.29, 1.82) is 0 Å². The Morgan fingerprint density at radius 3 is 2.40 bits per heavy atom. The molecule has 1 aromatic heterocycles. The summed E-state index contributed by atoms with van der Waals surface area (Å²) in [5, 5.41) is 4.35. The molecule has 7 nitrogen and oxygen atoms in total. The summed E-state index contributed by atoms with van der Waals surface area (Å²) in [6.07, 6.45) is 3.53. The normalized spacial score (nSPS) is 17.1. The average Bonchev–Trinajstić information content (AvgIpc) is 2.43. The summed E-state index contributed by atoms with van der Waals surface area (Å²) in [7, 11) is 2.13. The molecule has 1 fully saturated rings. The molecule has 0 spiro atoms. The van der Waals surface area contributed by atoms with Crippen LogP contribution in [0.1, 0.15) is 12.5 Å². The van der Waals surface area contributed by atoms with Crippen molar-refractivity contribution in [2.75, 3.05) is 44.8 Å². The van der Waals surface area contributed by atoms with Crippen molar-refractivity contribution in [1.82, 2.24) is 19.9 Å². The highest BCUT2D eigenvalue weighted by atomic mass is 16.1. The summed E-state index contributed by atoms with van der Waals surface area (Å²) in [6.45, 7) is 6.91. The van der Waals surface area contributed by atoms with E-state index in [1.54, 1.807) is 12.4 Å². The van der Waals surface area contributed by atoms with E-state index >= 15 is 0 Å². The van der Waals surface area contributed by atoms with Crippen molar-refractivity contribution in [3.05, 3.63) is 18.0 Å². The minimum absolute atomic E-state index is 0.181. The van der Waals surface area contributed by atoms with Gasteiger partial charge in [0.25, 0.3) is 0 Å². The Hall–Kier alpha value is -1.73. The number of amides is 1. The Bertz CT molecular complexity index is 441. The molecule has 0 atom stereocenters. The molecule has 7 heteroatoms. The van der Waals surface area contributed by atoms with Crippen molar-refractivity contribution in [3.63, 3.8) is 0 Å². The van der Waals surface area contributed by atoms with E-state index in [4.69, 9.17) is 5.73 Å². The molecular weight excluding hydrogens is 256 g/mol. The van der Waals surface area contributed by atoms with Crippen LogP contribution < -0.4 is 10.7 Å². The highest BCUT2D eigenvalue weighted by Gasteiger charge is 2.21. The summed E-state index contributed by atoms with van der Waals surface area (Å²) in [6, 6.07) is 0. The Balaban J connectivity index is 2.05. The zero-order valence-electron chi connectivity index (χ0n) is 12.1. The SMILES string of the molecule is CCN(c1ncc(CC(N)=O)cn1)N1CCN(C)CC1. The minimum atomic E-state index is -0.368. The number of rotatable bonds is 5. The van der Waals surface area contributed by atoms with E-state index in [0.717, 1.165) is 38.3 Å². The van der Waals surface area contributed by atoms with Gasteiger partial charge in [-0.3, -0.25) is 9.80 Å². The number of anilines is 1. The Morgan fingerprint density at radius 2 is 1.90 bits per heavy atom. The minimum Gasteiger partial charge on any atom is -0.369 e. The third-order valence-electron chi connectivity index (χ3n) is 3.42. The third-order valence-corrected chi connectivity index (χ3v) is 3.42. The van der Waals surface area contributed by atoms with E-state index < -0.39 is 0 Å². The Kier molecular flexibility index (Phi) is 4.86. The monoisotopic (exact) mass is 278 g/mol. The Morgan fingerprint density at radius 1 is 1.30 bits per heavy atom. The molecule has 2 heterocycles. The zero-order valence-corrected chi connectivity index (χ0v) is 12.1. The molecular formula is C13H22N6O. The first-order chi connectivity index (χ1) is 9.60. The molecule has 1 aliphatic rings. The van der Waals surface area contributed by atoms with E-state index in [-0.39, 0.29) is 12.3 Å². The molecule has 1 saturated heterocycles. The van der Waals surface area contributed by atoms with E-state index in [0.29, 0.717) is 5.95 Å². The lowest BCUT2D eigenvalue weighted by atomic mass is 10.2. The van der Waals surface area contributed by atoms with Crippen LogP contribution in [-0.4, -0.2) is 65.6 Å². The summed E-state index contributed by atoms with van der Waals surface area (Å²) in [4.78, 5) is 21.9. The fraction of sp³-hybridized carbons (Fsp3) is 0.615. The predicted octanol–water partition coefficient (Wildman–Crippen LogP) is -0.507. The second kappa shape index (κ2) is 6.62. The second-order valence-electron chi connectivity index (χ2n) is 5.01. The van der Waals surface area contributed by atoms with Gasteiger partial charge in [-0.1, -0.05) is 0 Å². The number of hydrogen-bond donors (Lipinski definition) is 1. The average molecular weight is 278 g/mol. The van der Waals surface area contributed by atoms with E-state index in [2.05, 4.69) is 38.9 Å². The van der Waals surface area contributed by atoms with Gasteiger partial charge in [0.15, 0.2) is 0 Å². The first-order valence-corrected chi connectivity index (χ1v) is 6.90. The largest absolute Gasteiger partial charge is 0.369 e. The van der Waals surface area contributed by atoms with Crippen molar-refractivity contribution in [3.8, 4) is 0 Å². The van der Waals surface area contributed by atoms with Gasteiger partial charge in [-0.05, 0) is 19.5 Å². The van der Waals surface area contributed by atoms with Gasteiger partial charge in [-0.25, -0.2) is 15.0 Å². The highest BCUT2D eigenvalue weighted by molar-refractivity contribution is 5.76. The van der Waals surface area contributed by atoms with Gasteiger partial charge in [0.1, 0.15) is 0 Å². The van der Waals surface area contributed by atoms with Crippen LogP contribution >= 0.6 is 0 Å². The lowest BCUT2D eigenvalue weighted by Gasteiger charge is -2.39. The molecule has 0 aromatic carbocycles. The second-order valence-corrected chi connectivity index (χ2v) is 5.01. The highest BCUT2D eigenvalue weighted by Crippen LogP contribution is 2.12. The molecule has 0 radical (unpaired) electrons. The van der Waals surface area contributed by atoms with Crippen molar-refractivity contribution in [2.24, 2.45) is 5.73 Å². The fourth-order valence-electron chi connectivity index (χ4n) is 2.28. The molecule has 1 aliphatic heterocycles. The lowest BCUT2D eigenvalue weighted by Crippen LogP contribution is -2.53. The van der Waals surface area contributed by atoms with Gasteiger partial charge in [-0.2, -0.15) is 0 Å². The lowest BCUT2D eigenvalue weighted by molar-refractivity contribution is -0.117. The van der Waals surface area contributed by atoms with Crippen LogP contribution in [0.4, 0.5) is 5.95 Å². The van der Waals surface area contributed by atoms with Gasteiger partial charge in [0.2, 0.25) is 11.9 Å². The smallest absolute Gasteiger partial charge is 0.240 e. The molecule has 2 rings (SSSR count). The number of primary amides is 1. The number of hydrazine groups is 1. The standard InChI is InChI=1S/C13H22N6O/c1-3-19(18-6-4-17(2)5-7-18)13-15-9-11(10-16-13)8-12(14)20/h9-10H,3-8H2,1-2H3,(H2,14,20). The van der Waals surface area contributed by atoms with Crippen LogP contribution in [0.2, 0.25) is 0 Å². The first-order valence-electron chi connectivity index (χ1n) is 6.90. The van der Waals surface area contributed by atoms with Crippen LogP contribution in [0, 0.1) is 0 Å². The number of hydrogen-bond acceptors (Lipinski definition) is 6. The van der Waals surface area contributed by atoms with E-state index in [9.17, 15) is 4.79 Å². The number of likely N-dealkylation sites (N-methyl/N-ethyl adjacent to an activating group) is 1. The molecule has 1 aromatic rings. The van der Waals surface area contributed by atoms with E-state index in [1.165, 1.54) is 0 Å². The third kappa shape index (κ3) is 3.64. The van der Waals surface area contributed by atoms with Gasteiger partial charge < -0.3 is 10.6 Å². The van der Waals surface area contributed by atoms with Gasteiger partial charge in [0, 0.05) is 45.1 Å². The predicted molar refractivity (Wildman–Crippen MR) is 77.0 cm³/mol. The number of carbonyl (C=O) groups excluding carboxylic acids is 1. The van der Waals surface area contributed by atoms with Gasteiger partial charge in [0.05, 0.1) is 6.42 Å². The van der Waals surface area contributed by atoms with Crippen molar-refractivity contribution < 1.29 is 4.79 Å². The van der Waals surface area contributed by atoms with Gasteiger partial charge >= 0.3 is 0 Å². The molecule has 20 heavy (non-hydrogen) atoms. The van der Waals surface area contributed by atoms with Crippen LogP contribution in [0.25, 0.3) is 0 Å². The van der Waals surface area contributed by atoms with Crippen molar-refractivity contribution >= 4 is 11.9 Å². The number of nitrogens with zero attached hydrogens (tertiary/aromatic N) is 5. The van der Waals surface area contributed by atoms with Crippen LogP contribution in [0.5, 0.6) is 0 Å². The quantitative estimate of drug-likeness (QED) is 0.782. The summed E-state index contributed by atoms with van der Waals surface area (Å²) >= 11 is 0. The molecule has 0 bridgehead atoms. The maximum atomic E-state index is 10.9. The van der Waals surface area contributed by atoms with Crippen LogP contribution in [-0.2, 0) is 11.2 Å². The summed E-state index contributed by atoms with van der Waals surface area (Å²) in [5.41, 5.74) is 5.91. The van der Waals surface area contributed by atoms with Crippen LogP contribution in [0.15, 0.2) is 12.4 Å². The number of aromatic nitrogens is 2. The van der Waals surface area contributed by atoms with Crippen LogP contribution in [0.3, 0.4) is 0 Å². The number of piperazine rings is 1. The summed E-state index contributed by atoms with van der Waals surface area (Å²) in [5.74, 6) is 0.304. The fourth-order valence-corrected chi connectivity index (χ4v) is 2.28. The first kappa shape index (κ1) is 14.7. The maximum Gasteiger partial charge on any atom is 0.240 e. The molecule has 1 amide bonds. The number of carbonyl (C=O) groups is 1.